The van der Waals surface area contributed by atoms with Crippen LogP contribution >= 0.6 is 0 Å². The SMILES string of the molecule is CCCCN1C[C@]2(CCCN(Cc3cccc4nonc34)C2)CCC1=O. The zero-order valence-corrected chi connectivity index (χ0v) is 15.6. The molecule has 0 unspecified atom stereocenters. The number of unbranched alkanes of at least 4 members (excludes halogenated alkanes) is 1. The monoisotopic (exact) mass is 356 g/mol. The molecule has 6 heteroatoms. The van der Waals surface area contributed by atoms with Crippen molar-refractivity contribution in [2.24, 2.45) is 5.41 Å². The van der Waals surface area contributed by atoms with Crippen LogP contribution in [0.4, 0.5) is 0 Å². The molecule has 0 bridgehead atoms. The summed E-state index contributed by atoms with van der Waals surface area (Å²) in [7, 11) is 0. The Kier molecular flexibility index (Phi) is 4.94. The van der Waals surface area contributed by atoms with Crippen LogP contribution in [0, 0.1) is 5.41 Å². The van der Waals surface area contributed by atoms with E-state index in [0.717, 1.165) is 63.0 Å². The molecule has 26 heavy (non-hydrogen) atoms. The van der Waals surface area contributed by atoms with Crippen molar-refractivity contribution in [3.8, 4) is 0 Å². The summed E-state index contributed by atoms with van der Waals surface area (Å²) in [6.45, 7) is 7.07. The lowest BCUT2D eigenvalue weighted by Gasteiger charge is -2.48. The molecule has 140 valence electrons. The second kappa shape index (κ2) is 7.35. The first-order chi connectivity index (χ1) is 12.7. The number of rotatable bonds is 5. The molecule has 2 aliphatic heterocycles. The Hall–Kier alpha value is -1.95. The zero-order valence-electron chi connectivity index (χ0n) is 15.6. The van der Waals surface area contributed by atoms with E-state index in [-0.39, 0.29) is 5.41 Å². The number of carbonyl (C=O) groups excluding carboxylic acids is 1. The number of nitrogens with zero attached hydrogens (tertiary/aromatic N) is 4. The summed E-state index contributed by atoms with van der Waals surface area (Å²) in [6, 6.07) is 6.07. The smallest absolute Gasteiger partial charge is 0.222 e. The van der Waals surface area contributed by atoms with Crippen LogP contribution in [0.2, 0.25) is 0 Å². The highest BCUT2D eigenvalue weighted by Gasteiger charge is 2.41. The zero-order chi connectivity index (χ0) is 18.0. The van der Waals surface area contributed by atoms with Crippen molar-refractivity contribution in [2.75, 3.05) is 26.2 Å². The van der Waals surface area contributed by atoms with Crippen LogP contribution in [0.1, 0.15) is 51.0 Å². The molecule has 2 aromatic rings. The van der Waals surface area contributed by atoms with Crippen LogP contribution in [0.5, 0.6) is 0 Å². The van der Waals surface area contributed by atoms with E-state index < -0.39 is 0 Å². The molecule has 1 spiro atoms. The van der Waals surface area contributed by atoms with Crippen LogP contribution in [0.15, 0.2) is 22.8 Å². The number of carbonyl (C=O) groups is 1. The fourth-order valence-corrected chi connectivity index (χ4v) is 4.66. The first-order valence-electron chi connectivity index (χ1n) is 9.89. The van der Waals surface area contributed by atoms with Gasteiger partial charge in [0.1, 0.15) is 11.0 Å². The quantitative estimate of drug-likeness (QED) is 0.823. The van der Waals surface area contributed by atoms with E-state index in [9.17, 15) is 4.79 Å². The minimum atomic E-state index is 0.260. The van der Waals surface area contributed by atoms with Crippen molar-refractivity contribution < 1.29 is 9.42 Å². The van der Waals surface area contributed by atoms with E-state index in [1.165, 1.54) is 18.4 Å². The average Bonchev–Trinajstić information content (AvgIpc) is 3.13. The van der Waals surface area contributed by atoms with Gasteiger partial charge >= 0.3 is 0 Å². The Morgan fingerprint density at radius 2 is 2.15 bits per heavy atom. The third kappa shape index (κ3) is 3.47. The van der Waals surface area contributed by atoms with E-state index in [1.54, 1.807) is 0 Å². The van der Waals surface area contributed by atoms with Gasteiger partial charge in [-0.25, -0.2) is 4.63 Å². The summed E-state index contributed by atoms with van der Waals surface area (Å²) >= 11 is 0. The molecule has 0 N–H and O–H groups in total. The van der Waals surface area contributed by atoms with Crippen molar-refractivity contribution in [1.29, 1.82) is 0 Å². The molecule has 1 aromatic heterocycles. The lowest BCUT2D eigenvalue weighted by Crippen LogP contribution is -2.53. The topological polar surface area (TPSA) is 62.5 Å². The predicted molar refractivity (Wildman–Crippen MR) is 99.5 cm³/mol. The number of fused-ring (bicyclic) bond motifs is 1. The van der Waals surface area contributed by atoms with Crippen molar-refractivity contribution >= 4 is 16.9 Å². The number of amides is 1. The lowest BCUT2D eigenvalue weighted by molar-refractivity contribution is -0.139. The maximum absolute atomic E-state index is 12.3. The van der Waals surface area contributed by atoms with Gasteiger partial charge in [0.2, 0.25) is 5.91 Å². The van der Waals surface area contributed by atoms with Crippen molar-refractivity contribution in [3.05, 3.63) is 23.8 Å². The van der Waals surface area contributed by atoms with Gasteiger partial charge in [-0.15, -0.1) is 0 Å². The standard InChI is InChI=1S/C20H28N4O2/c1-2-3-12-24-15-20(10-8-18(24)25)9-5-11-23(14-20)13-16-6-4-7-17-19(16)22-26-21-17/h4,6-7H,2-3,5,8-15H2,1H3/t20-/m1/s1. The van der Waals surface area contributed by atoms with Gasteiger partial charge in [-0.2, -0.15) is 0 Å². The fourth-order valence-electron chi connectivity index (χ4n) is 4.66. The number of hydrogen-bond acceptors (Lipinski definition) is 5. The number of aromatic nitrogens is 2. The minimum Gasteiger partial charge on any atom is -0.342 e. The largest absolute Gasteiger partial charge is 0.342 e. The average molecular weight is 356 g/mol. The van der Waals surface area contributed by atoms with Gasteiger partial charge < -0.3 is 4.90 Å². The van der Waals surface area contributed by atoms with Crippen LogP contribution in [-0.4, -0.2) is 52.2 Å². The second-order valence-corrected chi connectivity index (χ2v) is 8.03. The Morgan fingerprint density at radius 3 is 3.04 bits per heavy atom. The molecule has 2 aliphatic rings. The summed E-state index contributed by atoms with van der Waals surface area (Å²) in [5.74, 6) is 0.347. The summed E-state index contributed by atoms with van der Waals surface area (Å²) in [4.78, 5) is 17.0. The van der Waals surface area contributed by atoms with E-state index in [4.69, 9.17) is 4.63 Å². The highest BCUT2D eigenvalue weighted by Crippen LogP contribution is 2.39. The van der Waals surface area contributed by atoms with Gasteiger partial charge in [0.15, 0.2) is 0 Å². The van der Waals surface area contributed by atoms with Gasteiger partial charge in [-0.05, 0) is 54.2 Å². The van der Waals surface area contributed by atoms with E-state index in [1.807, 2.05) is 12.1 Å². The molecule has 6 nitrogen and oxygen atoms in total. The Labute approximate surface area is 154 Å². The molecule has 0 radical (unpaired) electrons. The molecule has 0 saturated carbocycles. The third-order valence-electron chi connectivity index (χ3n) is 6.03. The first kappa shape index (κ1) is 17.5. The highest BCUT2D eigenvalue weighted by molar-refractivity contribution is 5.77. The summed E-state index contributed by atoms with van der Waals surface area (Å²) in [6.07, 6.45) is 6.41. The van der Waals surface area contributed by atoms with Crippen LogP contribution in [0.25, 0.3) is 11.0 Å². The van der Waals surface area contributed by atoms with Gasteiger partial charge in [-0.3, -0.25) is 9.69 Å². The maximum atomic E-state index is 12.3. The van der Waals surface area contributed by atoms with E-state index >= 15 is 0 Å². The Bertz CT molecular complexity index is 774. The molecule has 3 heterocycles. The van der Waals surface area contributed by atoms with E-state index in [2.05, 4.69) is 33.1 Å². The number of benzene rings is 1. The molecule has 1 amide bonds. The molecule has 1 atom stereocenters. The molecule has 2 fully saturated rings. The highest BCUT2D eigenvalue weighted by atomic mass is 16.6. The molecular weight excluding hydrogens is 328 g/mol. The number of piperidine rings is 2. The second-order valence-electron chi connectivity index (χ2n) is 8.03. The van der Waals surface area contributed by atoms with Gasteiger partial charge in [-0.1, -0.05) is 25.5 Å². The summed E-state index contributed by atoms with van der Waals surface area (Å²) < 4.78 is 4.91. The van der Waals surface area contributed by atoms with Gasteiger partial charge in [0.05, 0.1) is 0 Å². The van der Waals surface area contributed by atoms with E-state index in [0.29, 0.717) is 12.3 Å². The van der Waals surface area contributed by atoms with Crippen LogP contribution in [-0.2, 0) is 11.3 Å². The molecule has 0 aliphatic carbocycles. The Morgan fingerprint density at radius 1 is 1.23 bits per heavy atom. The van der Waals surface area contributed by atoms with Crippen molar-refractivity contribution in [2.45, 2.75) is 52.0 Å². The number of hydrogen-bond donors (Lipinski definition) is 0. The normalized spacial score (nSPS) is 24.7. The van der Waals surface area contributed by atoms with Crippen LogP contribution < -0.4 is 0 Å². The first-order valence-corrected chi connectivity index (χ1v) is 9.89. The molecule has 1 aromatic carbocycles. The number of likely N-dealkylation sites (tertiary alicyclic amines) is 2. The van der Waals surface area contributed by atoms with Gasteiger partial charge in [0.25, 0.3) is 0 Å². The molecular formula is C20H28N4O2. The van der Waals surface area contributed by atoms with Crippen molar-refractivity contribution in [3.63, 3.8) is 0 Å². The van der Waals surface area contributed by atoms with Crippen molar-refractivity contribution in [1.82, 2.24) is 20.1 Å². The Balaban J connectivity index is 1.47. The van der Waals surface area contributed by atoms with Crippen LogP contribution in [0.3, 0.4) is 0 Å². The lowest BCUT2D eigenvalue weighted by atomic mass is 9.73. The summed E-state index contributed by atoms with van der Waals surface area (Å²) in [5.41, 5.74) is 3.13. The predicted octanol–water partition coefficient (Wildman–Crippen LogP) is 3.23. The fraction of sp³-hybridized carbons (Fsp3) is 0.650. The van der Waals surface area contributed by atoms with Gasteiger partial charge in [0, 0.05) is 38.0 Å². The molecule has 4 rings (SSSR count). The maximum Gasteiger partial charge on any atom is 0.222 e. The third-order valence-corrected chi connectivity index (χ3v) is 6.03. The molecule has 2 saturated heterocycles. The summed E-state index contributed by atoms with van der Waals surface area (Å²) in [5, 5.41) is 8.03. The minimum absolute atomic E-state index is 0.260.